The standard InChI is InChI=1S/C21H24ClNO4/c1-21(2,3)27-20(24)23-11-14-7-6-13(8-16(14)12-23)15-9-17(25-4)19(22)18(10-15)26-5/h6-10H,11-12H2,1-5H3. The van der Waals surface area contributed by atoms with Gasteiger partial charge in [0.15, 0.2) is 0 Å². The molecule has 27 heavy (non-hydrogen) atoms. The van der Waals surface area contributed by atoms with Crippen molar-refractivity contribution in [1.82, 2.24) is 4.90 Å². The van der Waals surface area contributed by atoms with Gasteiger partial charge in [-0.2, -0.15) is 0 Å². The Labute approximate surface area is 164 Å². The Balaban J connectivity index is 1.88. The van der Waals surface area contributed by atoms with E-state index in [9.17, 15) is 4.79 Å². The van der Waals surface area contributed by atoms with Gasteiger partial charge in [0.05, 0.1) is 14.2 Å². The number of fused-ring (bicyclic) bond motifs is 1. The number of carbonyl (C=O) groups is 1. The number of halogens is 1. The fourth-order valence-corrected chi connectivity index (χ4v) is 3.33. The van der Waals surface area contributed by atoms with Crippen molar-refractivity contribution in [1.29, 1.82) is 0 Å². The number of carbonyl (C=O) groups excluding carboxylic acids is 1. The monoisotopic (exact) mass is 389 g/mol. The molecule has 0 saturated carbocycles. The number of nitrogens with zero attached hydrogens (tertiary/aromatic N) is 1. The van der Waals surface area contributed by atoms with E-state index in [1.807, 2.05) is 45.0 Å². The Kier molecular flexibility index (Phi) is 5.24. The van der Waals surface area contributed by atoms with Gasteiger partial charge in [0.25, 0.3) is 0 Å². The first-order valence-corrected chi connectivity index (χ1v) is 9.11. The zero-order valence-electron chi connectivity index (χ0n) is 16.3. The normalized spacial score (nSPS) is 13.3. The van der Waals surface area contributed by atoms with Crippen molar-refractivity contribution in [3.05, 3.63) is 46.5 Å². The first-order valence-electron chi connectivity index (χ1n) is 8.73. The molecular weight excluding hydrogens is 366 g/mol. The maximum Gasteiger partial charge on any atom is 0.410 e. The Morgan fingerprint density at radius 1 is 0.963 bits per heavy atom. The number of benzene rings is 2. The topological polar surface area (TPSA) is 48.0 Å². The van der Waals surface area contributed by atoms with Crippen LogP contribution in [0.1, 0.15) is 31.9 Å². The minimum Gasteiger partial charge on any atom is -0.495 e. The molecule has 0 unspecified atom stereocenters. The second kappa shape index (κ2) is 7.31. The molecule has 0 aromatic heterocycles. The molecule has 2 aromatic carbocycles. The van der Waals surface area contributed by atoms with Crippen LogP contribution in [0.3, 0.4) is 0 Å². The lowest BCUT2D eigenvalue weighted by molar-refractivity contribution is 0.0242. The van der Waals surface area contributed by atoms with Crippen LogP contribution in [0.4, 0.5) is 4.79 Å². The van der Waals surface area contributed by atoms with Crippen LogP contribution in [-0.2, 0) is 17.8 Å². The van der Waals surface area contributed by atoms with Crippen LogP contribution in [0.25, 0.3) is 11.1 Å². The van der Waals surface area contributed by atoms with Crippen LogP contribution in [-0.4, -0.2) is 30.8 Å². The third kappa shape index (κ3) is 4.14. The van der Waals surface area contributed by atoms with Gasteiger partial charge in [-0.3, -0.25) is 4.90 Å². The Bertz CT molecular complexity index is 848. The maximum atomic E-state index is 12.3. The summed E-state index contributed by atoms with van der Waals surface area (Å²) in [4.78, 5) is 14.1. The minimum absolute atomic E-state index is 0.296. The molecule has 1 aliphatic rings. The summed E-state index contributed by atoms with van der Waals surface area (Å²) in [6, 6.07) is 9.92. The first kappa shape index (κ1) is 19.4. The quantitative estimate of drug-likeness (QED) is 0.717. The lowest BCUT2D eigenvalue weighted by Crippen LogP contribution is -2.33. The van der Waals surface area contributed by atoms with Gasteiger partial charge in [0.2, 0.25) is 0 Å². The highest BCUT2D eigenvalue weighted by Crippen LogP contribution is 2.39. The number of ether oxygens (including phenoxy) is 3. The van der Waals surface area contributed by atoms with Crippen LogP contribution in [0.5, 0.6) is 11.5 Å². The molecule has 2 aromatic rings. The SMILES string of the molecule is COc1cc(-c2ccc3c(c2)CN(C(=O)OC(C)(C)C)C3)cc(OC)c1Cl. The smallest absolute Gasteiger partial charge is 0.410 e. The van der Waals surface area contributed by atoms with Gasteiger partial charge in [0, 0.05) is 13.1 Å². The van der Waals surface area contributed by atoms with Gasteiger partial charge in [0.1, 0.15) is 22.1 Å². The Morgan fingerprint density at radius 2 is 1.56 bits per heavy atom. The van der Waals surface area contributed by atoms with E-state index >= 15 is 0 Å². The molecule has 5 nitrogen and oxygen atoms in total. The minimum atomic E-state index is -0.507. The van der Waals surface area contributed by atoms with E-state index in [1.165, 1.54) is 0 Å². The van der Waals surface area contributed by atoms with Crippen molar-refractivity contribution >= 4 is 17.7 Å². The van der Waals surface area contributed by atoms with Crippen molar-refractivity contribution < 1.29 is 19.0 Å². The second-order valence-electron chi connectivity index (χ2n) is 7.51. The van der Waals surface area contributed by atoms with Gasteiger partial charge in [-0.1, -0.05) is 23.7 Å². The molecule has 0 N–H and O–H groups in total. The molecule has 0 aliphatic carbocycles. The van der Waals surface area contributed by atoms with Crippen LogP contribution in [0, 0.1) is 0 Å². The molecule has 3 rings (SSSR count). The summed E-state index contributed by atoms with van der Waals surface area (Å²) < 4.78 is 16.2. The molecule has 1 heterocycles. The molecule has 0 fully saturated rings. The van der Waals surface area contributed by atoms with Gasteiger partial charge < -0.3 is 14.2 Å². The van der Waals surface area contributed by atoms with E-state index in [-0.39, 0.29) is 6.09 Å². The molecule has 0 atom stereocenters. The van der Waals surface area contributed by atoms with Crippen molar-refractivity contribution in [2.75, 3.05) is 14.2 Å². The fraction of sp³-hybridized carbons (Fsp3) is 0.381. The number of methoxy groups -OCH3 is 2. The maximum absolute atomic E-state index is 12.3. The van der Waals surface area contributed by atoms with Gasteiger partial charge >= 0.3 is 6.09 Å². The number of hydrogen-bond donors (Lipinski definition) is 0. The van der Waals surface area contributed by atoms with Crippen LogP contribution in [0.15, 0.2) is 30.3 Å². The summed E-state index contributed by atoms with van der Waals surface area (Å²) >= 11 is 6.26. The lowest BCUT2D eigenvalue weighted by atomic mass is 10.00. The largest absolute Gasteiger partial charge is 0.495 e. The van der Waals surface area contributed by atoms with Gasteiger partial charge in [-0.25, -0.2) is 4.79 Å². The third-order valence-electron chi connectivity index (χ3n) is 4.36. The summed E-state index contributed by atoms with van der Waals surface area (Å²) in [5.74, 6) is 1.11. The average molecular weight is 390 g/mol. The highest BCUT2D eigenvalue weighted by atomic mass is 35.5. The van der Waals surface area contributed by atoms with Crippen molar-refractivity contribution in [3.63, 3.8) is 0 Å². The number of rotatable bonds is 3. The van der Waals surface area contributed by atoms with Crippen molar-refractivity contribution in [3.8, 4) is 22.6 Å². The summed E-state index contributed by atoms with van der Waals surface area (Å²) in [6.07, 6.45) is -0.296. The summed E-state index contributed by atoms with van der Waals surface area (Å²) in [7, 11) is 3.15. The molecule has 1 aliphatic heterocycles. The highest BCUT2D eigenvalue weighted by molar-refractivity contribution is 6.33. The lowest BCUT2D eigenvalue weighted by Gasteiger charge is -2.24. The first-order chi connectivity index (χ1) is 12.7. The van der Waals surface area contributed by atoms with E-state index in [0.717, 1.165) is 22.3 Å². The summed E-state index contributed by atoms with van der Waals surface area (Å²) in [6.45, 7) is 6.69. The van der Waals surface area contributed by atoms with Crippen molar-refractivity contribution in [2.24, 2.45) is 0 Å². The van der Waals surface area contributed by atoms with E-state index < -0.39 is 5.60 Å². The average Bonchev–Trinajstić information content (AvgIpc) is 3.04. The molecule has 0 spiro atoms. The van der Waals surface area contributed by atoms with E-state index in [1.54, 1.807) is 19.1 Å². The van der Waals surface area contributed by atoms with E-state index in [2.05, 4.69) is 6.07 Å². The van der Waals surface area contributed by atoms with Gasteiger partial charge in [-0.15, -0.1) is 0 Å². The molecule has 6 heteroatoms. The van der Waals surface area contributed by atoms with Crippen LogP contribution in [0.2, 0.25) is 5.02 Å². The number of hydrogen-bond acceptors (Lipinski definition) is 4. The second-order valence-corrected chi connectivity index (χ2v) is 7.89. The summed E-state index contributed by atoms with van der Waals surface area (Å²) in [5, 5.41) is 0.445. The molecule has 144 valence electrons. The highest BCUT2D eigenvalue weighted by Gasteiger charge is 2.28. The molecule has 0 saturated heterocycles. The predicted molar refractivity (Wildman–Crippen MR) is 105 cm³/mol. The number of amides is 1. The zero-order chi connectivity index (χ0) is 19.8. The zero-order valence-corrected chi connectivity index (χ0v) is 17.0. The Morgan fingerprint density at radius 3 is 2.11 bits per heavy atom. The molecule has 0 radical (unpaired) electrons. The van der Waals surface area contributed by atoms with E-state index in [4.69, 9.17) is 25.8 Å². The molecule has 1 amide bonds. The third-order valence-corrected chi connectivity index (χ3v) is 4.73. The van der Waals surface area contributed by atoms with Crippen LogP contribution < -0.4 is 9.47 Å². The molecular formula is C21H24ClNO4. The fourth-order valence-electron chi connectivity index (χ4n) is 3.07. The van der Waals surface area contributed by atoms with Crippen molar-refractivity contribution in [2.45, 2.75) is 39.5 Å². The summed E-state index contributed by atoms with van der Waals surface area (Å²) in [5.41, 5.74) is 3.66. The molecule has 0 bridgehead atoms. The Hall–Kier alpha value is -2.40. The van der Waals surface area contributed by atoms with Crippen LogP contribution >= 0.6 is 11.6 Å². The van der Waals surface area contributed by atoms with Gasteiger partial charge in [-0.05, 0) is 61.2 Å². The van der Waals surface area contributed by atoms with E-state index in [0.29, 0.717) is 29.6 Å². The predicted octanol–water partition coefficient (Wildman–Crippen LogP) is 5.27.